The van der Waals surface area contributed by atoms with Gasteiger partial charge in [-0.1, -0.05) is 32.9 Å². The molecule has 0 radical (unpaired) electrons. The lowest BCUT2D eigenvalue weighted by Gasteiger charge is -2.16. The van der Waals surface area contributed by atoms with Crippen LogP contribution in [0.15, 0.2) is 23.2 Å². The molecule has 0 N–H and O–H groups in total. The summed E-state index contributed by atoms with van der Waals surface area (Å²) in [4.78, 5) is 16.2. The first kappa shape index (κ1) is 10.1. The van der Waals surface area contributed by atoms with E-state index in [1.165, 1.54) is 5.56 Å². The molecular formula is C13H15NO. The molecule has 2 heteroatoms. The van der Waals surface area contributed by atoms with Crippen LogP contribution in [0.1, 0.15) is 42.3 Å². The third kappa shape index (κ3) is 1.84. The molecule has 0 aliphatic carbocycles. The highest BCUT2D eigenvalue weighted by Crippen LogP contribution is 2.23. The summed E-state index contributed by atoms with van der Waals surface area (Å²) in [6.45, 7) is 6.57. The van der Waals surface area contributed by atoms with Crippen molar-refractivity contribution in [3.63, 3.8) is 0 Å². The largest absolute Gasteiger partial charge is 0.294 e. The van der Waals surface area contributed by atoms with E-state index in [-0.39, 0.29) is 11.2 Å². The fourth-order valence-corrected chi connectivity index (χ4v) is 1.68. The van der Waals surface area contributed by atoms with Crippen LogP contribution in [0.3, 0.4) is 0 Å². The number of benzene rings is 1. The Labute approximate surface area is 90.0 Å². The first-order valence-electron chi connectivity index (χ1n) is 5.16. The van der Waals surface area contributed by atoms with Crippen molar-refractivity contribution in [2.75, 3.05) is 0 Å². The lowest BCUT2D eigenvalue weighted by Crippen LogP contribution is -2.20. The summed E-state index contributed by atoms with van der Waals surface area (Å²) in [6, 6.07) is 5.85. The summed E-state index contributed by atoms with van der Waals surface area (Å²) in [5.41, 5.74) is 2.77. The second kappa shape index (κ2) is 3.30. The lowest BCUT2D eigenvalue weighted by molar-refractivity contribution is 0.0858. The summed E-state index contributed by atoms with van der Waals surface area (Å²) in [6.07, 6.45) is 1.84. The van der Waals surface area contributed by atoms with Crippen LogP contribution in [0, 0.1) is 5.41 Å². The molecule has 1 aliphatic heterocycles. The highest BCUT2D eigenvalue weighted by molar-refractivity contribution is 6.01. The van der Waals surface area contributed by atoms with E-state index in [1.807, 2.05) is 45.2 Å². The Morgan fingerprint density at radius 1 is 1.33 bits per heavy atom. The lowest BCUT2D eigenvalue weighted by atomic mass is 9.86. The summed E-state index contributed by atoms with van der Waals surface area (Å²) in [5.74, 6) is 0.186. The molecule has 1 heterocycles. The smallest absolute Gasteiger partial charge is 0.168 e. The number of carbonyl (C=O) groups excluding carboxylic acids is 1. The summed E-state index contributed by atoms with van der Waals surface area (Å²) >= 11 is 0. The van der Waals surface area contributed by atoms with Gasteiger partial charge in [0.05, 0.1) is 6.54 Å². The first-order valence-corrected chi connectivity index (χ1v) is 5.16. The van der Waals surface area contributed by atoms with Gasteiger partial charge in [0.2, 0.25) is 0 Å². The van der Waals surface area contributed by atoms with Crippen LogP contribution < -0.4 is 0 Å². The maximum Gasteiger partial charge on any atom is 0.168 e. The number of fused-ring (bicyclic) bond motifs is 1. The Kier molecular flexibility index (Phi) is 2.22. The second-order valence-electron chi connectivity index (χ2n) is 4.96. The van der Waals surface area contributed by atoms with Gasteiger partial charge in [-0.2, -0.15) is 0 Å². The highest BCUT2D eigenvalue weighted by Gasteiger charge is 2.23. The summed E-state index contributed by atoms with van der Waals surface area (Å²) < 4.78 is 0. The van der Waals surface area contributed by atoms with Crippen molar-refractivity contribution in [2.45, 2.75) is 27.3 Å². The maximum atomic E-state index is 12.0. The second-order valence-corrected chi connectivity index (χ2v) is 4.96. The predicted octanol–water partition coefficient (Wildman–Crippen LogP) is 2.85. The molecule has 0 saturated heterocycles. The summed E-state index contributed by atoms with van der Waals surface area (Å²) in [5, 5.41) is 0. The molecule has 1 aromatic rings. The van der Waals surface area contributed by atoms with Crippen molar-refractivity contribution in [1.29, 1.82) is 0 Å². The Bertz CT molecular complexity index is 438. The van der Waals surface area contributed by atoms with Gasteiger partial charge in [-0.05, 0) is 17.2 Å². The van der Waals surface area contributed by atoms with Crippen molar-refractivity contribution in [3.8, 4) is 0 Å². The number of hydrogen-bond acceptors (Lipinski definition) is 2. The van der Waals surface area contributed by atoms with Crippen molar-refractivity contribution >= 4 is 12.0 Å². The van der Waals surface area contributed by atoms with Gasteiger partial charge in [0, 0.05) is 17.2 Å². The van der Waals surface area contributed by atoms with E-state index in [0.29, 0.717) is 0 Å². The fourth-order valence-electron chi connectivity index (χ4n) is 1.68. The monoisotopic (exact) mass is 201 g/mol. The average molecular weight is 201 g/mol. The number of hydrogen-bond donors (Lipinski definition) is 0. The molecule has 2 rings (SSSR count). The Morgan fingerprint density at radius 2 is 2.07 bits per heavy atom. The number of aliphatic imine (C=N–C) groups is 1. The molecular weight excluding hydrogens is 186 g/mol. The predicted molar refractivity (Wildman–Crippen MR) is 61.5 cm³/mol. The molecule has 0 amide bonds. The van der Waals surface area contributed by atoms with E-state index >= 15 is 0 Å². The van der Waals surface area contributed by atoms with Crippen molar-refractivity contribution in [2.24, 2.45) is 10.4 Å². The molecule has 0 unspecified atom stereocenters. The van der Waals surface area contributed by atoms with E-state index in [0.717, 1.165) is 17.7 Å². The zero-order valence-corrected chi connectivity index (χ0v) is 9.37. The van der Waals surface area contributed by atoms with Crippen LogP contribution in [-0.4, -0.2) is 12.0 Å². The quantitative estimate of drug-likeness (QED) is 0.642. The molecule has 78 valence electrons. The topological polar surface area (TPSA) is 29.4 Å². The van der Waals surface area contributed by atoms with Crippen LogP contribution in [-0.2, 0) is 6.54 Å². The van der Waals surface area contributed by atoms with Gasteiger partial charge in [0.15, 0.2) is 5.78 Å². The van der Waals surface area contributed by atoms with Gasteiger partial charge in [0.1, 0.15) is 0 Å². The van der Waals surface area contributed by atoms with Crippen LogP contribution in [0.25, 0.3) is 0 Å². The minimum Gasteiger partial charge on any atom is -0.294 e. The van der Waals surface area contributed by atoms with E-state index < -0.39 is 0 Å². The van der Waals surface area contributed by atoms with Crippen LogP contribution in [0.5, 0.6) is 0 Å². The summed E-state index contributed by atoms with van der Waals surface area (Å²) in [7, 11) is 0. The van der Waals surface area contributed by atoms with E-state index in [1.54, 1.807) is 0 Å². The molecule has 0 atom stereocenters. The van der Waals surface area contributed by atoms with Crippen molar-refractivity contribution < 1.29 is 4.79 Å². The zero-order chi connectivity index (χ0) is 11.1. The standard InChI is InChI=1S/C13H15NO/c1-13(2,3)12(15)9-4-5-10-7-14-8-11(10)6-9/h4-6,8H,7H2,1-3H3. The van der Waals surface area contributed by atoms with E-state index in [2.05, 4.69) is 4.99 Å². The van der Waals surface area contributed by atoms with Gasteiger partial charge in [0.25, 0.3) is 0 Å². The third-order valence-corrected chi connectivity index (χ3v) is 2.58. The number of rotatable bonds is 1. The van der Waals surface area contributed by atoms with Gasteiger partial charge < -0.3 is 0 Å². The maximum absolute atomic E-state index is 12.0. The first-order chi connectivity index (χ1) is 6.98. The average Bonchev–Trinajstić information content (AvgIpc) is 2.61. The van der Waals surface area contributed by atoms with Crippen LogP contribution >= 0.6 is 0 Å². The minimum absolute atomic E-state index is 0.186. The van der Waals surface area contributed by atoms with Gasteiger partial charge >= 0.3 is 0 Å². The Hall–Kier alpha value is -1.44. The molecule has 0 bridgehead atoms. The molecule has 0 fully saturated rings. The van der Waals surface area contributed by atoms with Crippen LogP contribution in [0.4, 0.5) is 0 Å². The molecule has 0 aromatic heterocycles. The van der Waals surface area contributed by atoms with Gasteiger partial charge in [-0.3, -0.25) is 9.79 Å². The third-order valence-electron chi connectivity index (χ3n) is 2.58. The van der Waals surface area contributed by atoms with Crippen molar-refractivity contribution in [1.82, 2.24) is 0 Å². The van der Waals surface area contributed by atoms with Crippen molar-refractivity contribution in [3.05, 3.63) is 34.9 Å². The minimum atomic E-state index is -0.315. The number of ketones is 1. The number of nitrogens with zero attached hydrogens (tertiary/aromatic N) is 1. The highest BCUT2D eigenvalue weighted by atomic mass is 16.1. The molecule has 0 saturated carbocycles. The number of carbonyl (C=O) groups is 1. The van der Waals surface area contributed by atoms with E-state index in [9.17, 15) is 4.79 Å². The molecule has 2 nitrogen and oxygen atoms in total. The molecule has 1 aromatic carbocycles. The van der Waals surface area contributed by atoms with Crippen LogP contribution in [0.2, 0.25) is 0 Å². The fraction of sp³-hybridized carbons (Fsp3) is 0.385. The molecule has 0 spiro atoms. The Balaban J connectivity index is 2.39. The normalized spacial score (nSPS) is 14.1. The SMILES string of the molecule is CC(C)(C)C(=O)c1ccc2c(c1)C=NC2. The van der Waals surface area contributed by atoms with Gasteiger partial charge in [-0.15, -0.1) is 0 Å². The number of Topliss-reactive ketones (excluding diaryl/α,β-unsaturated/α-hetero) is 1. The zero-order valence-electron chi connectivity index (χ0n) is 9.37. The van der Waals surface area contributed by atoms with Gasteiger partial charge in [-0.25, -0.2) is 0 Å². The molecule has 15 heavy (non-hydrogen) atoms. The van der Waals surface area contributed by atoms with E-state index in [4.69, 9.17) is 0 Å². The Morgan fingerprint density at radius 3 is 2.73 bits per heavy atom. The molecule has 1 aliphatic rings.